The van der Waals surface area contributed by atoms with Gasteiger partial charge in [0.05, 0.1) is 0 Å². The van der Waals surface area contributed by atoms with Crippen molar-refractivity contribution in [2.75, 3.05) is 0 Å². The Hall–Kier alpha value is -0.525. The molecule has 0 spiro atoms. The molecule has 0 heterocycles. The second-order valence-corrected chi connectivity index (χ2v) is 1.60. The molecule has 0 aliphatic heterocycles. The second-order valence-electron chi connectivity index (χ2n) is 1.60. The molecular weight excluding hydrogens is 84.9 g/mol. The van der Waals surface area contributed by atoms with Gasteiger partial charge >= 0.3 is 0 Å². The summed E-state index contributed by atoms with van der Waals surface area (Å²) in [5.41, 5.74) is 1.55. The summed E-state index contributed by atoms with van der Waals surface area (Å²) in [5, 5.41) is 6.63. The van der Waals surface area contributed by atoms with Crippen LogP contribution in [0.5, 0.6) is 0 Å². The number of nitrogens with one attached hydrogen (secondary N) is 1. The maximum Gasteiger partial charge on any atom is 0.115 e. The minimum absolute atomic E-state index is 0.556. The predicted octanol–water partition coefficient (Wildman–Crippen LogP) is 1.10. The van der Waals surface area contributed by atoms with Crippen LogP contribution in [0.1, 0.15) is 13.8 Å². The molecule has 0 rings (SSSR count). The lowest BCUT2D eigenvalue weighted by Crippen LogP contribution is -1.83. The van der Waals surface area contributed by atoms with Crippen molar-refractivity contribution in [1.82, 2.24) is 0 Å². The molecule has 7 heavy (non-hydrogen) atoms. The molecule has 36 valence electrons. The molecule has 0 aromatic carbocycles. The van der Waals surface area contributed by atoms with Crippen molar-refractivity contribution in [3.8, 4) is 0 Å². The van der Waals surface area contributed by atoms with Gasteiger partial charge in [-0.3, -0.25) is 0 Å². The van der Waals surface area contributed by atoms with E-state index in [1.54, 1.807) is 0 Å². The van der Waals surface area contributed by atoms with E-state index < -0.39 is 0 Å². The maximum absolute atomic E-state index is 6.63. The third kappa shape index (κ3) is 2.21. The zero-order valence-corrected chi connectivity index (χ0v) is 4.65. The third-order valence-electron chi connectivity index (χ3n) is 0.733. The van der Waals surface area contributed by atoms with Crippen LogP contribution in [0.4, 0.5) is 0 Å². The lowest BCUT2D eigenvalue weighted by molar-refractivity contribution is 1.39. The molecule has 0 atom stereocenters. The summed E-state index contributed by atoms with van der Waals surface area (Å²) < 4.78 is 0. The molecule has 0 aliphatic rings. The highest BCUT2D eigenvalue weighted by molar-refractivity contribution is 6.32. The van der Waals surface area contributed by atoms with Crippen molar-refractivity contribution in [2.45, 2.75) is 13.8 Å². The minimum atomic E-state index is 0.556. The normalized spacial score (nSPS) is 7.71. The number of hydrogen-bond donors (Lipinski definition) is 1. The van der Waals surface area contributed by atoms with Crippen LogP contribution >= 0.6 is 0 Å². The van der Waals surface area contributed by atoms with E-state index in [4.69, 9.17) is 13.3 Å². The molecule has 0 aromatic rings. The summed E-state index contributed by atoms with van der Waals surface area (Å²) in [6.45, 7) is 3.75. The quantitative estimate of drug-likeness (QED) is 0.370. The number of allylic oxidation sites excluding steroid dienone is 2. The van der Waals surface area contributed by atoms with Gasteiger partial charge in [0.1, 0.15) is 7.85 Å². The predicted molar refractivity (Wildman–Crippen MR) is 32.9 cm³/mol. The Labute approximate surface area is 45.3 Å². The van der Waals surface area contributed by atoms with E-state index in [2.05, 4.69) is 0 Å². The maximum atomic E-state index is 6.63. The van der Waals surface area contributed by atoms with Crippen molar-refractivity contribution in [1.29, 1.82) is 5.41 Å². The van der Waals surface area contributed by atoms with E-state index in [0.29, 0.717) is 5.47 Å². The average Bonchev–Trinajstić information content (AvgIpc) is 1.65. The van der Waals surface area contributed by atoms with Gasteiger partial charge in [-0.1, -0.05) is 11.0 Å². The fourth-order valence-electron chi connectivity index (χ4n) is 0.144. The summed E-state index contributed by atoms with van der Waals surface area (Å²) >= 11 is 0. The monoisotopic (exact) mass is 93.1 g/mol. The SMILES string of the molecule is [B]C(C=N)=C(C)C. The van der Waals surface area contributed by atoms with Gasteiger partial charge < -0.3 is 5.41 Å². The van der Waals surface area contributed by atoms with Crippen molar-refractivity contribution < 1.29 is 0 Å². The fraction of sp³-hybridized carbons (Fsp3) is 0.400. The third-order valence-corrected chi connectivity index (χ3v) is 0.733. The van der Waals surface area contributed by atoms with Crippen molar-refractivity contribution in [2.24, 2.45) is 0 Å². The summed E-state index contributed by atoms with van der Waals surface area (Å²) in [6, 6.07) is 0. The zero-order valence-electron chi connectivity index (χ0n) is 4.65. The van der Waals surface area contributed by atoms with Crippen molar-refractivity contribution >= 4 is 14.1 Å². The minimum Gasteiger partial charge on any atom is -0.309 e. The molecule has 0 aromatic heterocycles. The summed E-state index contributed by atoms with van der Waals surface area (Å²) in [7, 11) is 5.25. The van der Waals surface area contributed by atoms with E-state index >= 15 is 0 Å². The Balaban J connectivity index is 3.98. The first-order valence-electron chi connectivity index (χ1n) is 2.12. The van der Waals surface area contributed by atoms with Gasteiger partial charge in [0.25, 0.3) is 0 Å². The van der Waals surface area contributed by atoms with E-state index in [1.165, 1.54) is 0 Å². The highest BCUT2D eigenvalue weighted by Gasteiger charge is 1.80. The smallest absolute Gasteiger partial charge is 0.115 e. The molecule has 0 unspecified atom stereocenters. The number of hydrogen-bond acceptors (Lipinski definition) is 1. The second kappa shape index (κ2) is 2.62. The molecular formula is C5H8BN. The van der Waals surface area contributed by atoms with Crippen molar-refractivity contribution in [3.63, 3.8) is 0 Å². The molecule has 1 N–H and O–H groups in total. The highest BCUT2D eigenvalue weighted by atomic mass is 14.3. The molecule has 2 heteroatoms. The molecule has 0 aliphatic carbocycles. The van der Waals surface area contributed by atoms with Gasteiger partial charge in [-0.05, 0) is 13.8 Å². The van der Waals surface area contributed by atoms with Crippen LogP contribution < -0.4 is 0 Å². The topological polar surface area (TPSA) is 23.9 Å². The lowest BCUT2D eigenvalue weighted by atomic mass is 9.93. The molecule has 0 saturated carbocycles. The summed E-state index contributed by atoms with van der Waals surface area (Å²) in [4.78, 5) is 0. The average molecular weight is 92.9 g/mol. The molecule has 0 amide bonds. The van der Waals surface area contributed by atoms with Crippen LogP contribution in [-0.4, -0.2) is 14.1 Å². The Bertz CT molecular complexity index is 101. The number of rotatable bonds is 1. The Morgan fingerprint density at radius 1 is 1.57 bits per heavy atom. The molecule has 2 radical (unpaired) electrons. The van der Waals surface area contributed by atoms with Crippen LogP contribution in [0.15, 0.2) is 11.0 Å². The Morgan fingerprint density at radius 2 is 2.00 bits per heavy atom. The Morgan fingerprint density at radius 3 is 2.00 bits per heavy atom. The van der Waals surface area contributed by atoms with Gasteiger partial charge in [-0.2, -0.15) is 0 Å². The Kier molecular flexibility index (Phi) is 2.42. The van der Waals surface area contributed by atoms with Crippen LogP contribution in [-0.2, 0) is 0 Å². The van der Waals surface area contributed by atoms with Gasteiger partial charge in [0.15, 0.2) is 0 Å². The molecule has 0 bridgehead atoms. The van der Waals surface area contributed by atoms with Gasteiger partial charge in [-0.15, -0.1) is 0 Å². The largest absolute Gasteiger partial charge is 0.309 e. The van der Waals surface area contributed by atoms with Crippen molar-refractivity contribution in [3.05, 3.63) is 11.0 Å². The zero-order chi connectivity index (χ0) is 5.86. The lowest BCUT2D eigenvalue weighted by Gasteiger charge is -1.89. The molecule has 0 fully saturated rings. The fourth-order valence-corrected chi connectivity index (χ4v) is 0.144. The first-order chi connectivity index (χ1) is 3.18. The molecule has 0 saturated heterocycles. The van der Waals surface area contributed by atoms with Gasteiger partial charge in [-0.25, -0.2) is 0 Å². The van der Waals surface area contributed by atoms with E-state index in [0.717, 1.165) is 11.8 Å². The standard InChI is InChI=1S/C5H8BN/c1-4(2)5(6)3-7/h3,7H,1-2H3. The highest BCUT2D eigenvalue weighted by Crippen LogP contribution is 1.91. The van der Waals surface area contributed by atoms with E-state index in [9.17, 15) is 0 Å². The van der Waals surface area contributed by atoms with Crippen LogP contribution in [0, 0.1) is 5.41 Å². The van der Waals surface area contributed by atoms with Gasteiger partial charge in [0.2, 0.25) is 0 Å². The summed E-state index contributed by atoms with van der Waals surface area (Å²) in [6.07, 6.45) is 1.15. The van der Waals surface area contributed by atoms with Gasteiger partial charge in [0, 0.05) is 6.21 Å². The van der Waals surface area contributed by atoms with Crippen LogP contribution in [0.3, 0.4) is 0 Å². The molecule has 1 nitrogen and oxygen atoms in total. The van der Waals surface area contributed by atoms with E-state index in [1.807, 2.05) is 13.8 Å². The summed E-state index contributed by atoms with van der Waals surface area (Å²) in [5.74, 6) is 0. The first-order valence-corrected chi connectivity index (χ1v) is 2.12. The van der Waals surface area contributed by atoms with E-state index in [-0.39, 0.29) is 0 Å². The first kappa shape index (κ1) is 6.47. The van der Waals surface area contributed by atoms with Crippen LogP contribution in [0.2, 0.25) is 0 Å². The van der Waals surface area contributed by atoms with Crippen LogP contribution in [0.25, 0.3) is 0 Å².